The van der Waals surface area contributed by atoms with Crippen LogP contribution >= 0.6 is 11.6 Å². The van der Waals surface area contributed by atoms with Crippen LogP contribution in [-0.4, -0.2) is 78.0 Å². The summed E-state index contributed by atoms with van der Waals surface area (Å²) in [4.78, 5) is 9.49. The number of H-pyrrole nitrogens is 1. The Kier molecular flexibility index (Phi) is 6.77. The first kappa shape index (κ1) is 23.8. The van der Waals surface area contributed by atoms with Gasteiger partial charge in [0.1, 0.15) is 12.4 Å². The summed E-state index contributed by atoms with van der Waals surface area (Å²) in [6.45, 7) is 10.5. The lowest BCUT2D eigenvalue weighted by Gasteiger charge is -2.33. The summed E-state index contributed by atoms with van der Waals surface area (Å²) in [7, 11) is 1.57. The van der Waals surface area contributed by atoms with Gasteiger partial charge in [0, 0.05) is 65.8 Å². The first-order valence-electron chi connectivity index (χ1n) is 11.9. The van der Waals surface area contributed by atoms with Crippen molar-refractivity contribution in [1.29, 1.82) is 0 Å². The van der Waals surface area contributed by atoms with Crippen molar-refractivity contribution in [3.63, 3.8) is 0 Å². The summed E-state index contributed by atoms with van der Waals surface area (Å²) in [5.41, 5.74) is 2.41. The number of aromatic amines is 1. The molecular formula is C26H29ClFN5O2. The van der Waals surface area contributed by atoms with E-state index in [2.05, 4.69) is 31.9 Å². The molecule has 1 saturated heterocycles. The highest BCUT2D eigenvalue weighted by Crippen LogP contribution is 2.45. The van der Waals surface area contributed by atoms with Crippen LogP contribution in [0.25, 0.3) is 33.1 Å². The zero-order chi connectivity index (χ0) is 24.5. The molecule has 184 valence electrons. The van der Waals surface area contributed by atoms with Gasteiger partial charge in [0.25, 0.3) is 0 Å². The van der Waals surface area contributed by atoms with Gasteiger partial charge in [-0.25, -0.2) is 9.37 Å². The number of aromatic nitrogens is 3. The van der Waals surface area contributed by atoms with Gasteiger partial charge in [-0.1, -0.05) is 30.7 Å². The lowest BCUT2D eigenvalue weighted by molar-refractivity contribution is 0.120. The van der Waals surface area contributed by atoms with Gasteiger partial charge in [-0.05, 0) is 25.6 Å². The van der Waals surface area contributed by atoms with E-state index in [0.717, 1.165) is 45.0 Å². The molecule has 3 heterocycles. The van der Waals surface area contributed by atoms with Crippen molar-refractivity contribution in [1.82, 2.24) is 25.0 Å². The number of hydrogen-bond acceptors (Lipinski definition) is 6. The highest BCUT2D eigenvalue weighted by atomic mass is 35.5. The highest BCUT2D eigenvalue weighted by molar-refractivity contribution is 6.31. The van der Waals surface area contributed by atoms with Gasteiger partial charge in [-0.2, -0.15) is 5.10 Å². The second-order valence-electron chi connectivity index (χ2n) is 8.78. The SMILES string of the molecule is CCN1CCN(CCOc2cc(F)c3c(-c4cccc(Cl)c4)nc4n[nH]c(C)c4c3c2OC)CC1. The number of fused-ring (bicyclic) bond motifs is 3. The molecular weight excluding hydrogens is 469 g/mol. The number of ether oxygens (including phenoxy) is 2. The maximum Gasteiger partial charge on any atom is 0.182 e. The summed E-state index contributed by atoms with van der Waals surface area (Å²) in [6, 6.07) is 8.61. The molecule has 7 nitrogen and oxygen atoms in total. The fourth-order valence-electron chi connectivity index (χ4n) is 4.81. The molecule has 4 aromatic rings. The average molecular weight is 498 g/mol. The van der Waals surface area contributed by atoms with Crippen molar-refractivity contribution in [3.8, 4) is 22.8 Å². The molecule has 2 aromatic heterocycles. The Morgan fingerprint density at radius 3 is 2.57 bits per heavy atom. The van der Waals surface area contributed by atoms with E-state index in [-0.39, 0.29) is 0 Å². The van der Waals surface area contributed by atoms with Crippen LogP contribution in [0.1, 0.15) is 12.6 Å². The summed E-state index contributed by atoms with van der Waals surface area (Å²) < 4.78 is 27.7. The van der Waals surface area contributed by atoms with Crippen LogP contribution in [0.4, 0.5) is 4.39 Å². The Morgan fingerprint density at radius 1 is 1.09 bits per heavy atom. The molecule has 0 aliphatic carbocycles. The predicted molar refractivity (Wildman–Crippen MR) is 137 cm³/mol. The lowest BCUT2D eigenvalue weighted by Crippen LogP contribution is -2.47. The van der Waals surface area contributed by atoms with Gasteiger partial charge in [-0.15, -0.1) is 0 Å². The van der Waals surface area contributed by atoms with Crippen LogP contribution in [-0.2, 0) is 0 Å². The minimum atomic E-state index is -0.433. The molecule has 0 radical (unpaired) electrons. The van der Waals surface area contributed by atoms with Crippen LogP contribution in [0.2, 0.25) is 5.02 Å². The summed E-state index contributed by atoms with van der Waals surface area (Å²) in [5, 5.41) is 9.52. The fourth-order valence-corrected chi connectivity index (χ4v) is 5.00. The zero-order valence-corrected chi connectivity index (χ0v) is 21.0. The first-order chi connectivity index (χ1) is 17.0. The Balaban J connectivity index is 1.56. The molecule has 1 aliphatic rings. The normalized spacial score (nSPS) is 15.2. The van der Waals surface area contributed by atoms with Gasteiger partial charge >= 0.3 is 0 Å². The quantitative estimate of drug-likeness (QED) is 0.391. The Hall–Kier alpha value is -2.94. The van der Waals surface area contributed by atoms with E-state index in [1.54, 1.807) is 19.2 Å². The monoisotopic (exact) mass is 497 g/mol. The molecule has 0 amide bonds. The summed E-state index contributed by atoms with van der Waals surface area (Å²) >= 11 is 6.23. The van der Waals surface area contributed by atoms with Crippen LogP contribution in [0.5, 0.6) is 11.5 Å². The van der Waals surface area contributed by atoms with Crippen molar-refractivity contribution in [2.45, 2.75) is 13.8 Å². The van der Waals surface area contributed by atoms with Crippen molar-refractivity contribution >= 4 is 33.4 Å². The van der Waals surface area contributed by atoms with Gasteiger partial charge in [0.2, 0.25) is 0 Å². The number of nitrogens with zero attached hydrogens (tertiary/aromatic N) is 4. The largest absolute Gasteiger partial charge is 0.492 e. The molecule has 1 fully saturated rings. The predicted octanol–water partition coefficient (Wildman–Crippen LogP) is 4.90. The smallest absolute Gasteiger partial charge is 0.182 e. The first-order valence-corrected chi connectivity index (χ1v) is 12.3. The molecule has 1 N–H and O–H groups in total. The van der Waals surface area contributed by atoms with E-state index in [1.807, 2.05) is 19.1 Å². The number of pyridine rings is 1. The number of benzene rings is 2. The van der Waals surface area contributed by atoms with E-state index in [4.69, 9.17) is 21.1 Å². The molecule has 9 heteroatoms. The third-order valence-electron chi connectivity index (χ3n) is 6.71. The number of piperazine rings is 1. The molecule has 2 aromatic carbocycles. The second-order valence-corrected chi connectivity index (χ2v) is 9.22. The van der Waals surface area contributed by atoms with E-state index < -0.39 is 5.82 Å². The van der Waals surface area contributed by atoms with Gasteiger partial charge in [-0.3, -0.25) is 10.00 Å². The second kappa shape index (κ2) is 9.97. The molecule has 5 rings (SSSR count). The van der Waals surface area contributed by atoms with Crippen molar-refractivity contribution < 1.29 is 13.9 Å². The maximum atomic E-state index is 15.8. The van der Waals surface area contributed by atoms with Crippen LogP contribution in [0.15, 0.2) is 30.3 Å². The number of aryl methyl sites for hydroxylation is 1. The van der Waals surface area contributed by atoms with Crippen molar-refractivity contribution in [2.24, 2.45) is 0 Å². The Morgan fingerprint density at radius 2 is 1.86 bits per heavy atom. The topological polar surface area (TPSA) is 66.5 Å². The minimum Gasteiger partial charge on any atom is -0.492 e. The van der Waals surface area contributed by atoms with Crippen molar-refractivity contribution in [2.75, 3.05) is 53.0 Å². The van der Waals surface area contributed by atoms with Gasteiger partial charge < -0.3 is 14.4 Å². The van der Waals surface area contributed by atoms with Crippen LogP contribution in [0, 0.1) is 12.7 Å². The summed E-state index contributed by atoms with van der Waals surface area (Å²) in [5.74, 6) is 0.407. The Bertz CT molecular complexity index is 1370. The van der Waals surface area contributed by atoms with Gasteiger partial charge in [0.05, 0.1) is 18.2 Å². The molecule has 0 saturated carbocycles. The molecule has 0 atom stereocenters. The van der Waals surface area contributed by atoms with Crippen LogP contribution < -0.4 is 9.47 Å². The van der Waals surface area contributed by atoms with Gasteiger partial charge in [0.15, 0.2) is 17.1 Å². The number of likely N-dealkylation sites (N-methyl/N-ethyl adjacent to an activating group) is 1. The standard InChI is InChI=1S/C26H29ClFN5O2/c1-4-32-8-10-33(11-9-32)12-13-35-20-15-19(28)22-23(25(20)34-3)21-16(2)30-31-26(21)29-24(22)17-6-5-7-18(27)14-17/h5-7,14-15H,4,8-13H2,1-3H3,(H,29,30,31). The van der Waals surface area contributed by atoms with Crippen molar-refractivity contribution in [3.05, 3.63) is 46.9 Å². The third-order valence-corrected chi connectivity index (χ3v) is 6.94. The van der Waals surface area contributed by atoms with Crippen LogP contribution in [0.3, 0.4) is 0 Å². The van der Waals surface area contributed by atoms with E-state index >= 15 is 4.39 Å². The average Bonchev–Trinajstić information content (AvgIpc) is 3.24. The lowest BCUT2D eigenvalue weighted by atomic mass is 9.99. The third kappa shape index (κ3) is 4.53. The molecule has 35 heavy (non-hydrogen) atoms. The van der Waals surface area contributed by atoms with E-state index in [9.17, 15) is 0 Å². The maximum absolute atomic E-state index is 15.8. The molecule has 0 unspecified atom stereocenters. The number of rotatable bonds is 7. The fraction of sp³-hybridized carbons (Fsp3) is 0.385. The number of halogens is 2. The molecule has 1 aliphatic heterocycles. The molecule has 0 bridgehead atoms. The van der Waals surface area contributed by atoms with E-state index in [1.165, 1.54) is 6.07 Å². The summed E-state index contributed by atoms with van der Waals surface area (Å²) in [6.07, 6.45) is 0. The zero-order valence-electron chi connectivity index (χ0n) is 20.2. The number of hydrogen-bond donors (Lipinski definition) is 1. The number of nitrogens with one attached hydrogen (secondary N) is 1. The Labute approximate surface area is 208 Å². The minimum absolute atomic E-state index is 0.351. The van der Waals surface area contributed by atoms with E-state index in [0.29, 0.717) is 56.2 Å². The number of methoxy groups -OCH3 is 1. The molecule has 0 spiro atoms. The highest BCUT2D eigenvalue weighted by Gasteiger charge is 2.24.